The highest BCUT2D eigenvalue weighted by Gasteiger charge is 2.40. The summed E-state index contributed by atoms with van der Waals surface area (Å²) < 4.78 is 45.8. The number of fused-ring (bicyclic) bond motifs is 2. The number of amides is 1. The van der Waals surface area contributed by atoms with Crippen molar-refractivity contribution < 1.29 is 28.9 Å². The van der Waals surface area contributed by atoms with E-state index in [4.69, 9.17) is 0 Å². The smallest absolute Gasteiger partial charge is 0.418 e. The number of hydrogen-bond acceptors (Lipinski definition) is 7. The summed E-state index contributed by atoms with van der Waals surface area (Å²) in [5.74, 6) is -1.12. The van der Waals surface area contributed by atoms with E-state index in [0.717, 1.165) is 24.4 Å². The van der Waals surface area contributed by atoms with Crippen LogP contribution in [0.1, 0.15) is 48.7 Å². The fourth-order valence-electron chi connectivity index (χ4n) is 3.37. The van der Waals surface area contributed by atoms with Crippen LogP contribution in [-0.4, -0.2) is 30.5 Å². The van der Waals surface area contributed by atoms with E-state index < -0.39 is 17.7 Å². The molecular formula is C20H23F3N4O3S. The number of benzene rings is 1. The minimum Gasteiger partial charge on any atom is -0.465 e. The third-order valence-corrected chi connectivity index (χ3v) is 5.57. The van der Waals surface area contributed by atoms with Crippen molar-refractivity contribution in [3.63, 3.8) is 0 Å². The van der Waals surface area contributed by atoms with Crippen LogP contribution in [0.4, 0.5) is 24.0 Å². The van der Waals surface area contributed by atoms with Gasteiger partial charge in [0, 0.05) is 21.3 Å². The van der Waals surface area contributed by atoms with Crippen molar-refractivity contribution in [1.82, 2.24) is 10.4 Å². The van der Waals surface area contributed by atoms with Gasteiger partial charge in [-0.3, -0.25) is 9.80 Å². The molecule has 0 radical (unpaired) electrons. The molecule has 168 valence electrons. The monoisotopic (exact) mass is 456 g/mol. The molecule has 0 bridgehead atoms. The van der Waals surface area contributed by atoms with Crippen LogP contribution < -0.4 is 15.8 Å². The Balaban J connectivity index is 0.00000118. The number of methoxy groups -OCH3 is 1. The summed E-state index contributed by atoms with van der Waals surface area (Å²) in [6.45, 7) is 5.74. The molecule has 0 spiro atoms. The Morgan fingerprint density at radius 3 is 2.65 bits per heavy atom. The second-order valence-corrected chi connectivity index (χ2v) is 7.50. The number of carbonyl (C=O) groups is 2. The van der Waals surface area contributed by atoms with Crippen molar-refractivity contribution in [2.24, 2.45) is 0 Å². The van der Waals surface area contributed by atoms with E-state index >= 15 is 0 Å². The molecule has 0 atom stereocenters. The first-order valence-corrected chi connectivity index (χ1v) is 10.3. The zero-order valence-corrected chi connectivity index (χ0v) is 18.1. The Bertz CT molecular complexity index is 1070. The molecule has 11 heteroatoms. The number of rotatable bonds is 3. The van der Waals surface area contributed by atoms with Gasteiger partial charge in [-0.2, -0.15) is 13.2 Å². The molecule has 1 aliphatic carbocycles. The van der Waals surface area contributed by atoms with Gasteiger partial charge < -0.3 is 10.1 Å². The normalized spacial score (nSPS) is 14.6. The maximum absolute atomic E-state index is 13.8. The van der Waals surface area contributed by atoms with Gasteiger partial charge in [-0.25, -0.2) is 15.2 Å². The highest BCUT2D eigenvalue weighted by atomic mass is 32.1. The van der Waals surface area contributed by atoms with Crippen LogP contribution in [0, 0.1) is 0 Å². The van der Waals surface area contributed by atoms with Crippen molar-refractivity contribution in [2.45, 2.75) is 33.4 Å². The fraction of sp³-hybridized carbons (Fsp3) is 0.350. The van der Waals surface area contributed by atoms with Gasteiger partial charge in [-0.1, -0.05) is 25.2 Å². The van der Waals surface area contributed by atoms with Gasteiger partial charge in [0.05, 0.1) is 40.2 Å². The molecule has 1 aromatic carbocycles. The Labute approximate surface area is 182 Å². The van der Waals surface area contributed by atoms with Gasteiger partial charge in [0.1, 0.15) is 0 Å². The molecule has 2 aromatic rings. The number of hydrazine groups is 1. The molecule has 1 aliphatic heterocycles. The van der Waals surface area contributed by atoms with Crippen molar-refractivity contribution in [2.75, 3.05) is 24.0 Å². The minimum absolute atomic E-state index is 0. The van der Waals surface area contributed by atoms with Crippen molar-refractivity contribution in [3.8, 4) is 0 Å². The molecule has 0 saturated heterocycles. The molecule has 2 aliphatic rings. The molecule has 0 saturated carbocycles. The third-order valence-electron chi connectivity index (χ3n) is 4.55. The van der Waals surface area contributed by atoms with Crippen molar-refractivity contribution >= 4 is 39.7 Å². The Kier molecular flexibility index (Phi) is 6.37. The van der Waals surface area contributed by atoms with E-state index in [1.54, 1.807) is 0 Å². The predicted molar refractivity (Wildman–Crippen MR) is 114 cm³/mol. The molecule has 7 nitrogen and oxygen atoms in total. The zero-order chi connectivity index (χ0) is 22.9. The van der Waals surface area contributed by atoms with Crippen LogP contribution in [0.5, 0.6) is 0 Å². The molecular weight excluding hydrogens is 433 g/mol. The number of nitrogens with zero attached hydrogens (tertiary/aromatic N) is 2. The van der Waals surface area contributed by atoms with Gasteiger partial charge in [0.2, 0.25) is 5.91 Å². The van der Waals surface area contributed by atoms with Crippen LogP contribution in [-0.2, 0) is 22.1 Å². The largest absolute Gasteiger partial charge is 0.465 e. The zero-order valence-electron chi connectivity index (χ0n) is 17.3. The lowest BCUT2D eigenvalue weighted by molar-refractivity contribution is -0.137. The van der Waals surface area contributed by atoms with Gasteiger partial charge >= 0.3 is 12.1 Å². The Hall–Kier alpha value is -2.92. The summed E-state index contributed by atoms with van der Waals surface area (Å²) in [5.41, 5.74) is 3.94. The number of hydrogen-bond donors (Lipinski definition) is 2. The number of halogens is 3. The van der Waals surface area contributed by atoms with Crippen LogP contribution in [0.2, 0.25) is 0 Å². The van der Waals surface area contributed by atoms with E-state index in [0.29, 0.717) is 28.7 Å². The maximum atomic E-state index is 13.8. The minimum atomic E-state index is -4.68. The Morgan fingerprint density at radius 2 is 2.03 bits per heavy atom. The number of carbonyl (C=O) groups excluding carboxylic acids is 2. The number of alkyl halides is 3. The summed E-state index contributed by atoms with van der Waals surface area (Å²) in [6.07, 6.45) is -4.19. The molecule has 2 N–H and O–H groups in total. The van der Waals surface area contributed by atoms with E-state index in [9.17, 15) is 22.8 Å². The van der Waals surface area contributed by atoms with Gasteiger partial charge in [-0.05, 0) is 23.8 Å². The van der Waals surface area contributed by atoms with Crippen LogP contribution >= 0.6 is 11.3 Å². The standard InChI is InChI=1S/C18H15F3N4O3S.C2H6.H2/c1-8(26)23-17-24-12-6-10-7-22-25(14(10)15(12)29-17)13-4-3-9(16(27)28-2)5-11(13)18(19,20)21;1-2;/h3-5,22H,6-7H2,1-2H3,(H,23,24,26);1-2H3;1H. The summed E-state index contributed by atoms with van der Waals surface area (Å²) >= 11 is 1.21. The number of ether oxygens (including phenoxy) is 1. The number of esters is 1. The van der Waals surface area contributed by atoms with E-state index in [1.807, 2.05) is 13.8 Å². The third kappa shape index (κ3) is 4.28. The van der Waals surface area contributed by atoms with E-state index in [2.05, 4.69) is 20.5 Å². The molecule has 1 aromatic heterocycles. The lowest BCUT2D eigenvalue weighted by Crippen LogP contribution is -2.33. The van der Waals surface area contributed by atoms with Crippen LogP contribution in [0.15, 0.2) is 23.8 Å². The highest BCUT2D eigenvalue weighted by Crippen LogP contribution is 2.46. The lowest BCUT2D eigenvalue weighted by Gasteiger charge is -2.25. The average Bonchev–Trinajstić information content (AvgIpc) is 3.38. The quantitative estimate of drug-likeness (QED) is 0.663. The summed E-state index contributed by atoms with van der Waals surface area (Å²) in [5, 5.41) is 4.38. The van der Waals surface area contributed by atoms with Crippen molar-refractivity contribution in [3.05, 3.63) is 45.5 Å². The summed E-state index contributed by atoms with van der Waals surface area (Å²) in [4.78, 5) is 28.0. The van der Waals surface area contributed by atoms with Crippen LogP contribution in [0.25, 0.3) is 5.70 Å². The highest BCUT2D eigenvalue weighted by molar-refractivity contribution is 7.17. The van der Waals surface area contributed by atoms with E-state index in [-0.39, 0.29) is 18.6 Å². The molecule has 1 amide bonds. The summed E-state index contributed by atoms with van der Waals surface area (Å²) in [6, 6.07) is 3.32. The first kappa shape index (κ1) is 22.8. The lowest BCUT2D eigenvalue weighted by atomic mass is 10.1. The maximum Gasteiger partial charge on any atom is 0.418 e. The number of aromatic nitrogens is 1. The molecule has 0 unspecified atom stereocenters. The first-order chi connectivity index (χ1) is 14.7. The fourth-order valence-corrected chi connectivity index (χ4v) is 4.49. The second-order valence-electron chi connectivity index (χ2n) is 6.50. The molecule has 4 rings (SSSR count). The number of anilines is 2. The number of nitrogens with one attached hydrogen (secondary N) is 2. The van der Waals surface area contributed by atoms with Gasteiger partial charge in [0.15, 0.2) is 5.13 Å². The van der Waals surface area contributed by atoms with E-state index in [1.165, 1.54) is 35.4 Å². The number of thiazole rings is 1. The first-order valence-electron chi connectivity index (χ1n) is 9.52. The van der Waals surface area contributed by atoms with Gasteiger partial charge in [-0.15, -0.1) is 0 Å². The SMILES string of the molecule is CC.COC(=O)c1ccc(N2NCC3=C2c2sc(NC(C)=O)nc2C3)c(C(F)(F)F)c1.[HH]. The predicted octanol–water partition coefficient (Wildman–Crippen LogP) is 4.47. The average molecular weight is 456 g/mol. The second kappa shape index (κ2) is 8.67. The topological polar surface area (TPSA) is 83.6 Å². The van der Waals surface area contributed by atoms with Crippen molar-refractivity contribution in [1.29, 1.82) is 0 Å². The summed E-state index contributed by atoms with van der Waals surface area (Å²) in [7, 11) is 1.11. The molecule has 31 heavy (non-hydrogen) atoms. The molecule has 2 heterocycles. The Morgan fingerprint density at radius 1 is 1.32 bits per heavy atom. The van der Waals surface area contributed by atoms with Gasteiger partial charge in [0.25, 0.3) is 0 Å². The van der Waals surface area contributed by atoms with Crippen LogP contribution in [0.3, 0.4) is 0 Å². The molecule has 0 fully saturated rings.